The zero-order chi connectivity index (χ0) is 23.4. The highest BCUT2D eigenvalue weighted by Crippen LogP contribution is 2.57. The van der Waals surface area contributed by atoms with Crippen LogP contribution in [0.1, 0.15) is 48.4 Å². The van der Waals surface area contributed by atoms with Gasteiger partial charge in [-0.3, -0.25) is 14.7 Å². The number of benzene rings is 2. The number of ether oxygens (including phenoxy) is 2. The molecule has 1 atom stereocenters. The summed E-state index contributed by atoms with van der Waals surface area (Å²) in [5, 5.41) is 9.89. The molecule has 6 nitrogen and oxygen atoms in total. The molecule has 4 rings (SSSR count). The largest absolute Gasteiger partial charge is 0.457 e. The number of methoxy groups -OCH3 is 1. The van der Waals surface area contributed by atoms with Crippen molar-refractivity contribution in [2.45, 2.75) is 44.2 Å². The van der Waals surface area contributed by atoms with Gasteiger partial charge in [0.2, 0.25) is 6.41 Å². The smallest absolute Gasteiger partial charge is 0.215 e. The van der Waals surface area contributed by atoms with Crippen LogP contribution in [0.4, 0.5) is 0 Å². The summed E-state index contributed by atoms with van der Waals surface area (Å²) in [4.78, 5) is 18.1. The Labute approximate surface area is 199 Å². The van der Waals surface area contributed by atoms with Crippen molar-refractivity contribution < 1.29 is 14.3 Å². The Kier molecular flexibility index (Phi) is 7.06. The third-order valence-corrected chi connectivity index (χ3v) is 7.64. The Morgan fingerprint density at radius 3 is 2.67 bits per heavy atom. The van der Waals surface area contributed by atoms with Crippen molar-refractivity contribution in [3.05, 3.63) is 59.2 Å². The zero-order valence-corrected chi connectivity index (χ0v) is 20.1. The summed E-state index contributed by atoms with van der Waals surface area (Å²) in [6.07, 6.45) is 8.10. The summed E-state index contributed by atoms with van der Waals surface area (Å²) in [5.41, 5.74) is 3.02. The van der Waals surface area contributed by atoms with E-state index in [1.54, 1.807) is 31.2 Å². The van der Waals surface area contributed by atoms with Crippen LogP contribution in [0, 0.1) is 16.7 Å². The van der Waals surface area contributed by atoms with E-state index in [0.717, 1.165) is 49.8 Å². The van der Waals surface area contributed by atoms with Gasteiger partial charge in [0.15, 0.2) is 5.17 Å². The molecule has 0 aromatic heterocycles. The molecule has 0 heterocycles. The summed E-state index contributed by atoms with van der Waals surface area (Å²) in [5.74, 6) is 1.36. The third kappa shape index (κ3) is 4.78. The lowest BCUT2D eigenvalue weighted by Gasteiger charge is -2.40. The topological polar surface area (TPSA) is 74.9 Å². The second-order valence-electron chi connectivity index (χ2n) is 8.81. The summed E-state index contributed by atoms with van der Waals surface area (Å²) < 4.78 is 11.7. The second-order valence-corrected chi connectivity index (χ2v) is 9.58. The molecule has 2 aliphatic carbocycles. The van der Waals surface area contributed by atoms with Crippen LogP contribution in [-0.4, -0.2) is 43.0 Å². The van der Waals surface area contributed by atoms with E-state index in [4.69, 9.17) is 14.5 Å². The maximum atomic E-state index is 11.5. The van der Waals surface area contributed by atoms with E-state index in [2.05, 4.69) is 18.2 Å². The van der Waals surface area contributed by atoms with Gasteiger partial charge in [0.1, 0.15) is 11.5 Å². The minimum atomic E-state index is -0.0517. The highest BCUT2D eigenvalue weighted by Gasteiger charge is 2.48. The van der Waals surface area contributed by atoms with Crippen molar-refractivity contribution >= 4 is 23.3 Å². The maximum Gasteiger partial charge on any atom is 0.215 e. The van der Waals surface area contributed by atoms with Crippen LogP contribution in [0.25, 0.3) is 0 Å². The van der Waals surface area contributed by atoms with Crippen LogP contribution in [0.5, 0.6) is 11.5 Å². The van der Waals surface area contributed by atoms with Crippen molar-refractivity contribution in [3.63, 3.8) is 0 Å². The number of rotatable bonds is 5. The van der Waals surface area contributed by atoms with E-state index >= 15 is 0 Å². The minimum Gasteiger partial charge on any atom is -0.457 e. The average Bonchev–Trinajstić information content (AvgIpc) is 3.14. The Bertz CT molecular complexity index is 1090. The Morgan fingerprint density at radius 1 is 1.24 bits per heavy atom. The molecule has 7 heteroatoms. The van der Waals surface area contributed by atoms with Crippen molar-refractivity contribution in [1.82, 2.24) is 4.90 Å². The molecule has 172 valence electrons. The maximum absolute atomic E-state index is 11.5. The predicted molar refractivity (Wildman–Crippen MR) is 131 cm³/mol. The van der Waals surface area contributed by atoms with Gasteiger partial charge >= 0.3 is 0 Å². The fraction of sp³-hybridized carbons (Fsp3) is 0.423. The van der Waals surface area contributed by atoms with Crippen molar-refractivity contribution in [2.24, 2.45) is 10.4 Å². The van der Waals surface area contributed by atoms with Gasteiger partial charge in [-0.05, 0) is 79.8 Å². The molecule has 2 aromatic carbocycles. The van der Waals surface area contributed by atoms with Gasteiger partial charge in [-0.25, -0.2) is 0 Å². The van der Waals surface area contributed by atoms with E-state index in [9.17, 15) is 10.1 Å². The Hall–Kier alpha value is -2.82. The number of nitrogens with zero attached hydrogens (tertiary/aromatic N) is 3. The summed E-state index contributed by atoms with van der Waals surface area (Å²) >= 11 is 1.49. The van der Waals surface area contributed by atoms with Crippen molar-refractivity contribution in [3.8, 4) is 17.6 Å². The highest BCUT2D eigenvalue weighted by molar-refractivity contribution is 8.13. The van der Waals surface area contributed by atoms with Gasteiger partial charge < -0.3 is 9.47 Å². The SMILES string of the molecule is COC1CCC2(CC1)Cc1ccc(Oc3cccc(C#N)c3)cc1C2N=C(SC)N(C)C=O. The molecule has 33 heavy (non-hydrogen) atoms. The normalized spacial score (nSPS) is 24.2. The molecule has 1 spiro atoms. The molecule has 1 fully saturated rings. The standard InChI is InChI=1S/C26H29N3O3S/c1-29(17-30)25(33-3)28-24-23-14-22(32-21-6-4-5-18(13-21)16-27)8-7-19(23)15-26(24)11-9-20(31-2)10-12-26/h4-8,13-14,17,20,24H,9-12,15H2,1-3H3. The number of thioether (sulfide) groups is 1. The molecule has 0 N–H and O–H groups in total. The van der Waals surface area contributed by atoms with Crippen molar-refractivity contribution in [1.29, 1.82) is 5.26 Å². The van der Waals surface area contributed by atoms with Crippen LogP contribution >= 0.6 is 11.8 Å². The number of aliphatic imine (C=N–C) groups is 1. The first-order chi connectivity index (χ1) is 16.0. The molecule has 1 unspecified atom stereocenters. The average molecular weight is 464 g/mol. The molecular formula is C26H29N3O3S. The van der Waals surface area contributed by atoms with Gasteiger partial charge in [0.05, 0.1) is 23.8 Å². The van der Waals surface area contributed by atoms with Gasteiger partial charge in [0.25, 0.3) is 0 Å². The van der Waals surface area contributed by atoms with Crippen LogP contribution in [0.3, 0.4) is 0 Å². The number of nitriles is 1. The number of hydrogen-bond donors (Lipinski definition) is 0. The Balaban J connectivity index is 1.71. The quantitative estimate of drug-likeness (QED) is 0.340. The monoisotopic (exact) mass is 463 g/mol. The number of fused-ring (bicyclic) bond motifs is 1. The molecule has 1 amide bonds. The molecule has 2 aromatic rings. The number of amidine groups is 1. The third-order valence-electron chi connectivity index (χ3n) is 6.88. The molecule has 0 radical (unpaired) electrons. The fourth-order valence-electron chi connectivity index (χ4n) is 5.13. The zero-order valence-electron chi connectivity index (χ0n) is 19.3. The van der Waals surface area contributed by atoms with Crippen LogP contribution in [-0.2, 0) is 16.0 Å². The fourth-order valence-corrected chi connectivity index (χ4v) is 5.67. The van der Waals surface area contributed by atoms with Crippen molar-refractivity contribution in [2.75, 3.05) is 20.4 Å². The number of amides is 1. The number of carbonyl (C=O) groups excluding carboxylic acids is 1. The highest BCUT2D eigenvalue weighted by atomic mass is 32.2. The van der Waals surface area contributed by atoms with Gasteiger partial charge in [-0.2, -0.15) is 5.26 Å². The van der Waals surface area contributed by atoms with E-state index in [-0.39, 0.29) is 11.5 Å². The number of hydrogen-bond acceptors (Lipinski definition) is 6. The van der Waals surface area contributed by atoms with Crippen LogP contribution < -0.4 is 4.74 Å². The molecule has 0 bridgehead atoms. The predicted octanol–water partition coefficient (Wildman–Crippen LogP) is 5.33. The van der Waals surface area contributed by atoms with E-state index < -0.39 is 0 Å². The lowest BCUT2D eigenvalue weighted by atomic mass is 9.69. The lowest BCUT2D eigenvalue weighted by molar-refractivity contribution is -0.113. The van der Waals surface area contributed by atoms with Gasteiger partial charge in [0, 0.05) is 19.6 Å². The van der Waals surface area contributed by atoms with E-state index in [1.807, 2.05) is 24.5 Å². The lowest BCUT2D eigenvalue weighted by Crippen LogP contribution is -2.34. The molecule has 2 aliphatic rings. The second kappa shape index (κ2) is 9.98. The van der Waals surface area contributed by atoms with Gasteiger partial charge in [-0.15, -0.1) is 0 Å². The summed E-state index contributed by atoms with van der Waals surface area (Å²) in [7, 11) is 3.53. The van der Waals surface area contributed by atoms with E-state index in [1.165, 1.54) is 17.3 Å². The molecule has 0 aliphatic heterocycles. The summed E-state index contributed by atoms with van der Waals surface area (Å²) in [6, 6.07) is 15.5. The first-order valence-corrected chi connectivity index (χ1v) is 12.4. The van der Waals surface area contributed by atoms with Crippen LogP contribution in [0.2, 0.25) is 0 Å². The molecular weight excluding hydrogens is 434 g/mol. The molecule has 1 saturated carbocycles. The minimum absolute atomic E-state index is 0.0153. The van der Waals surface area contributed by atoms with E-state index in [0.29, 0.717) is 22.6 Å². The van der Waals surface area contributed by atoms with Crippen LogP contribution in [0.15, 0.2) is 47.5 Å². The first kappa shape index (κ1) is 23.3. The number of carbonyl (C=O) groups is 1. The summed E-state index contributed by atoms with van der Waals surface area (Å²) in [6.45, 7) is 0. The molecule has 0 saturated heterocycles. The first-order valence-electron chi connectivity index (χ1n) is 11.2. The van der Waals surface area contributed by atoms with Gasteiger partial charge in [-0.1, -0.05) is 23.9 Å². The Morgan fingerprint density at radius 2 is 2.00 bits per heavy atom.